The number of carbonyl (C=O) groups excluding carboxylic acids is 1. The topological polar surface area (TPSA) is 39.3 Å². The predicted octanol–water partition coefficient (Wildman–Crippen LogP) is 0.193. The summed E-state index contributed by atoms with van der Waals surface area (Å²) < 4.78 is 5.61. The minimum Gasteiger partial charge on any atom is -0.377 e. The minimum atomic E-state index is 0.303. The van der Waals surface area contributed by atoms with Crippen molar-refractivity contribution in [1.29, 1.82) is 0 Å². The molecule has 23 heavy (non-hydrogen) atoms. The van der Waals surface area contributed by atoms with Crippen LogP contribution >= 0.6 is 0 Å². The van der Waals surface area contributed by atoms with Crippen molar-refractivity contribution in [3.8, 4) is 0 Å². The lowest BCUT2D eigenvalue weighted by Gasteiger charge is -2.37. The van der Waals surface area contributed by atoms with Gasteiger partial charge in [0.1, 0.15) is 0 Å². The normalized spacial score (nSPS) is 22.0. The van der Waals surface area contributed by atoms with E-state index in [1.54, 1.807) is 0 Å². The number of nitrogens with zero attached hydrogens (tertiary/aromatic N) is 4. The van der Waals surface area contributed by atoms with Gasteiger partial charge in [0.15, 0.2) is 0 Å². The number of ether oxygens (including phenoxy) is 1. The minimum absolute atomic E-state index is 0.303. The molecule has 0 aromatic rings. The maximum atomic E-state index is 12.4. The number of amides is 1. The summed E-state index contributed by atoms with van der Waals surface area (Å²) in [6, 6.07) is 0. The molecule has 0 aromatic heterocycles. The molecule has 0 N–H and O–H groups in total. The second kappa shape index (κ2) is 9.57. The maximum absolute atomic E-state index is 12.4. The zero-order valence-electron chi connectivity index (χ0n) is 15.2. The Morgan fingerprint density at radius 3 is 2.04 bits per heavy atom. The highest BCUT2D eigenvalue weighted by atomic mass is 16.5. The first-order valence-corrected chi connectivity index (χ1v) is 9.15. The number of carbonyl (C=O) groups is 1. The van der Waals surface area contributed by atoms with Crippen LogP contribution in [0.4, 0.5) is 0 Å². The molecule has 2 aliphatic heterocycles. The van der Waals surface area contributed by atoms with E-state index in [-0.39, 0.29) is 0 Å². The molecule has 2 aliphatic rings. The Hall–Kier alpha value is -0.690. The average Bonchev–Trinajstić information content (AvgIpc) is 2.56. The lowest BCUT2D eigenvalue weighted by atomic mass is 10.2. The summed E-state index contributed by atoms with van der Waals surface area (Å²) in [6.07, 6.45) is 0.307. The summed E-state index contributed by atoms with van der Waals surface area (Å²) in [5.74, 6) is 0.303. The number of piperazine rings is 2. The molecule has 2 rings (SSSR count). The van der Waals surface area contributed by atoms with Crippen LogP contribution in [-0.4, -0.2) is 110 Å². The molecule has 134 valence electrons. The van der Waals surface area contributed by atoms with Crippen molar-refractivity contribution in [2.45, 2.75) is 26.9 Å². The van der Waals surface area contributed by atoms with E-state index >= 15 is 0 Å². The summed E-state index contributed by atoms with van der Waals surface area (Å²) in [7, 11) is 0. The van der Waals surface area contributed by atoms with Crippen LogP contribution in [0.1, 0.15) is 20.8 Å². The van der Waals surface area contributed by atoms with Gasteiger partial charge in [0.2, 0.25) is 5.91 Å². The van der Waals surface area contributed by atoms with Crippen LogP contribution in [0.15, 0.2) is 0 Å². The molecular formula is C17H34N4O2. The van der Waals surface area contributed by atoms with Gasteiger partial charge in [0.05, 0.1) is 19.3 Å². The van der Waals surface area contributed by atoms with E-state index in [0.29, 0.717) is 18.6 Å². The molecule has 0 aliphatic carbocycles. The predicted molar refractivity (Wildman–Crippen MR) is 92.7 cm³/mol. The summed E-state index contributed by atoms with van der Waals surface area (Å²) in [5.41, 5.74) is 0. The van der Waals surface area contributed by atoms with Gasteiger partial charge in [-0.15, -0.1) is 0 Å². The smallest absolute Gasteiger partial charge is 0.236 e. The third kappa shape index (κ3) is 6.37. The first kappa shape index (κ1) is 18.6. The van der Waals surface area contributed by atoms with Gasteiger partial charge in [-0.1, -0.05) is 6.92 Å². The summed E-state index contributed by atoms with van der Waals surface area (Å²) >= 11 is 0. The highest BCUT2D eigenvalue weighted by molar-refractivity contribution is 5.78. The van der Waals surface area contributed by atoms with Gasteiger partial charge in [-0.05, 0) is 20.4 Å². The van der Waals surface area contributed by atoms with Crippen molar-refractivity contribution >= 4 is 5.91 Å². The van der Waals surface area contributed by atoms with E-state index in [9.17, 15) is 4.79 Å². The molecule has 2 heterocycles. The van der Waals surface area contributed by atoms with E-state index in [0.717, 1.165) is 72.1 Å². The summed E-state index contributed by atoms with van der Waals surface area (Å²) in [4.78, 5) is 21.6. The Labute approximate surface area is 141 Å². The Morgan fingerprint density at radius 1 is 0.913 bits per heavy atom. The van der Waals surface area contributed by atoms with Gasteiger partial charge in [-0.25, -0.2) is 0 Å². The van der Waals surface area contributed by atoms with Crippen LogP contribution in [0.5, 0.6) is 0 Å². The molecule has 2 fully saturated rings. The second-order valence-electron chi connectivity index (χ2n) is 6.85. The molecule has 2 saturated heterocycles. The largest absolute Gasteiger partial charge is 0.377 e. The zero-order chi connectivity index (χ0) is 16.7. The lowest BCUT2D eigenvalue weighted by Crippen LogP contribution is -2.54. The fraction of sp³-hybridized carbons (Fsp3) is 0.941. The van der Waals surface area contributed by atoms with Crippen molar-refractivity contribution in [1.82, 2.24) is 19.6 Å². The molecule has 0 bridgehead atoms. The molecule has 6 heteroatoms. The molecule has 0 radical (unpaired) electrons. The van der Waals surface area contributed by atoms with Gasteiger partial charge in [-0.3, -0.25) is 14.6 Å². The van der Waals surface area contributed by atoms with E-state index in [2.05, 4.69) is 35.5 Å². The lowest BCUT2D eigenvalue weighted by molar-refractivity contribution is -0.134. The second-order valence-corrected chi connectivity index (χ2v) is 6.85. The molecule has 0 spiro atoms. The van der Waals surface area contributed by atoms with Crippen molar-refractivity contribution in [3.05, 3.63) is 0 Å². The fourth-order valence-corrected chi connectivity index (χ4v) is 3.19. The number of rotatable bonds is 7. The van der Waals surface area contributed by atoms with E-state index in [1.165, 1.54) is 0 Å². The van der Waals surface area contributed by atoms with Gasteiger partial charge in [-0.2, -0.15) is 0 Å². The maximum Gasteiger partial charge on any atom is 0.236 e. The molecule has 0 saturated carbocycles. The molecule has 0 atom stereocenters. The molecule has 1 amide bonds. The SMILES string of the molecule is CCN1CCN(C(=O)CN2CCN(CCOC(C)C)CC2)CC1. The van der Waals surface area contributed by atoms with Gasteiger partial charge >= 0.3 is 0 Å². The average molecular weight is 326 g/mol. The van der Waals surface area contributed by atoms with Crippen LogP contribution < -0.4 is 0 Å². The fourth-order valence-electron chi connectivity index (χ4n) is 3.19. The monoisotopic (exact) mass is 326 g/mol. The standard InChI is InChI=1S/C17H34N4O2/c1-4-18-9-11-21(12-10-18)17(22)15-20-7-5-19(6-8-20)13-14-23-16(2)3/h16H,4-15H2,1-3H3. The van der Waals surface area contributed by atoms with Crippen LogP contribution in [0, 0.1) is 0 Å². The van der Waals surface area contributed by atoms with Crippen molar-refractivity contribution in [2.75, 3.05) is 78.6 Å². The quantitative estimate of drug-likeness (QED) is 0.668. The zero-order valence-corrected chi connectivity index (χ0v) is 15.2. The summed E-state index contributed by atoms with van der Waals surface area (Å²) in [6.45, 7) is 17.7. The molecule has 6 nitrogen and oxygen atoms in total. The van der Waals surface area contributed by atoms with Crippen molar-refractivity contribution in [3.63, 3.8) is 0 Å². The third-order valence-corrected chi connectivity index (χ3v) is 4.85. The Kier molecular flexibility index (Phi) is 7.76. The highest BCUT2D eigenvalue weighted by Crippen LogP contribution is 2.06. The third-order valence-electron chi connectivity index (χ3n) is 4.85. The highest BCUT2D eigenvalue weighted by Gasteiger charge is 2.24. The number of likely N-dealkylation sites (N-methyl/N-ethyl adjacent to an activating group) is 1. The van der Waals surface area contributed by atoms with Crippen LogP contribution in [0.25, 0.3) is 0 Å². The van der Waals surface area contributed by atoms with Gasteiger partial charge in [0, 0.05) is 58.9 Å². The first-order chi connectivity index (χ1) is 11.1. The Bertz CT molecular complexity index is 349. The van der Waals surface area contributed by atoms with E-state index in [1.807, 2.05) is 4.90 Å². The van der Waals surface area contributed by atoms with Crippen LogP contribution in [0.2, 0.25) is 0 Å². The van der Waals surface area contributed by atoms with Crippen molar-refractivity contribution in [2.24, 2.45) is 0 Å². The van der Waals surface area contributed by atoms with Gasteiger partial charge in [0.25, 0.3) is 0 Å². The summed E-state index contributed by atoms with van der Waals surface area (Å²) in [5, 5.41) is 0. The Balaban J connectivity index is 1.61. The first-order valence-electron chi connectivity index (χ1n) is 9.15. The van der Waals surface area contributed by atoms with Crippen LogP contribution in [0.3, 0.4) is 0 Å². The van der Waals surface area contributed by atoms with E-state index < -0.39 is 0 Å². The Morgan fingerprint density at radius 2 is 1.48 bits per heavy atom. The number of hydrogen-bond acceptors (Lipinski definition) is 5. The van der Waals surface area contributed by atoms with E-state index in [4.69, 9.17) is 4.74 Å². The number of hydrogen-bond donors (Lipinski definition) is 0. The van der Waals surface area contributed by atoms with Crippen LogP contribution in [-0.2, 0) is 9.53 Å². The molecular weight excluding hydrogens is 292 g/mol. The molecule has 0 aromatic carbocycles. The van der Waals surface area contributed by atoms with Crippen molar-refractivity contribution < 1.29 is 9.53 Å². The molecule has 0 unspecified atom stereocenters. The van der Waals surface area contributed by atoms with Gasteiger partial charge < -0.3 is 14.5 Å².